The Bertz CT molecular complexity index is 830. The van der Waals surface area contributed by atoms with Crippen LogP contribution in [0.2, 0.25) is 15.1 Å². The first-order chi connectivity index (χ1) is 13.2. The van der Waals surface area contributed by atoms with Gasteiger partial charge in [0.2, 0.25) is 0 Å². The molecule has 0 spiro atoms. The molecule has 0 aliphatic heterocycles. The molecule has 1 N–H and O–H groups in total. The van der Waals surface area contributed by atoms with Crippen LogP contribution in [0.5, 0.6) is 5.75 Å². The van der Waals surface area contributed by atoms with E-state index < -0.39 is 39.6 Å². The molecular formula is C17H22Cl3NO7S. The zero-order valence-corrected chi connectivity index (χ0v) is 19.3. The second kappa shape index (κ2) is 10.6. The smallest absolute Gasteiger partial charge is 0.408 e. The summed E-state index contributed by atoms with van der Waals surface area (Å²) < 4.78 is 39.1. The number of ether oxygens (including phenoxy) is 2. The van der Waals surface area contributed by atoms with Crippen LogP contribution in [0.15, 0.2) is 12.1 Å². The van der Waals surface area contributed by atoms with Gasteiger partial charge in [0.15, 0.2) is 5.75 Å². The molecule has 1 aromatic carbocycles. The van der Waals surface area contributed by atoms with Gasteiger partial charge in [-0.3, -0.25) is 0 Å². The highest BCUT2D eigenvalue weighted by atomic mass is 35.5. The average molecular weight is 491 g/mol. The summed E-state index contributed by atoms with van der Waals surface area (Å²) in [5.74, 6) is -1.45. The van der Waals surface area contributed by atoms with Gasteiger partial charge in [0.05, 0.1) is 22.9 Å². The van der Waals surface area contributed by atoms with E-state index in [0.717, 1.165) is 7.11 Å². The maximum absolute atomic E-state index is 12.2. The highest BCUT2D eigenvalue weighted by Gasteiger charge is 2.26. The van der Waals surface area contributed by atoms with Crippen molar-refractivity contribution >= 4 is 57.0 Å². The number of carbonyl (C=O) groups is 2. The van der Waals surface area contributed by atoms with Crippen molar-refractivity contribution in [3.63, 3.8) is 0 Å². The number of alkyl carbamates (subject to hydrolysis) is 1. The summed E-state index contributed by atoms with van der Waals surface area (Å²) in [7, 11) is -2.94. The average Bonchev–Trinajstić information content (AvgIpc) is 2.54. The molecule has 29 heavy (non-hydrogen) atoms. The Morgan fingerprint density at radius 3 is 2.17 bits per heavy atom. The van der Waals surface area contributed by atoms with Crippen LogP contribution in [0.1, 0.15) is 33.6 Å². The summed E-state index contributed by atoms with van der Waals surface area (Å²) in [6, 6.07) is 1.49. The zero-order chi connectivity index (χ0) is 22.4. The molecule has 1 rings (SSSR count). The monoisotopic (exact) mass is 489 g/mol. The number of amides is 1. The number of benzene rings is 1. The molecule has 1 aromatic rings. The summed E-state index contributed by atoms with van der Waals surface area (Å²) in [6.07, 6.45) is -0.885. The summed E-state index contributed by atoms with van der Waals surface area (Å²) in [5, 5.41) is 2.45. The van der Waals surface area contributed by atoms with E-state index in [1.54, 1.807) is 20.8 Å². The van der Waals surface area contributed by atoms with Crippen molar-refractivity contribution in [2.75, 3.05) is 12.9 Å². The molecule has 0 unspecified atom stereocenters. The third-order valence-corrected chi connectivity index (χ3v) is 5.23. The lowest BCUT2D eigenvalue weighted by Crippen LogP contribution is -2.44. The van der Waals surface area contributed by atoms with Crippen LogP contribution in [0, 0.1) is 0 Å². The number of halogens is 3. The molecule has 0 saturated heterocycles. The Morgan fingerprint density at radius 2 is 1.69 bits per heavy atom. The Balaban J connectivity index is 2.73. The molecule has 164 valence electrons. The summed E-state index contributed by atoms with van der Waals surface area (Å²) in [6.45, 7) is 4.99. The van der Waals surface area contributed by atoms with Gasteiger partial charge in [-0.05, 0) is 45.7 Å². The number of hydrogen-bond acceptors (Lipinski definition) is 7. The number of esters is 1. The van der Waals surface area contributed by atoms with E-state index in [1.165, 1.54) is 12.1 Å². The first-order valence-corrected chi connectivity index (χ1v) is 11.1. The molecule has 1 amide bonds. The molecule has 0 bridgehead atoms. The summed E-state index contributed by atoms with van der Waals surface area (Å²) in [5.41, 5.74) is -0.765. The minimum atomic E-state index is -4.09. The van der Waals surface area contributed by atoms with Crippen LogP contribution < -0.4 is 9.50 Å². The second-order valence-electron chi connectivity index (χ2n) is 6.91. The van der Waals surface area contributed by atoms with Crippen molar-refractivity contribution in [3.8, 4) is 5.75 Å². The quantitative estimate of drug-likeness (QED) is 0.430. The minimum Gasteiger partial charge on any atom is -0.467 e. The Kier molecular flexibility index (Phi) is 9.33. The van der Waals surface area contributed by atoms with Gasteiger partial charge in [0, 0.05) is 5.02 Å². The van der Waals surface area contributed by atoms with E-state index in [2.05, 4.69) is 10.1 Å². The van der Waals surface area contributed by atoms with Crippen molar-refractivity contribution in [1.82, 2.24) is 5.32 Å². The predicted molar refractivity (Wildman–Crippen MR) is 110 cm³/mol. The lowest BCUT2D eigenvalue weighted by atomic mass is 10.1. The van der Waals surface area contributed by atoms with E-state index in [-0.39, 0.29) is 33.7 Å². The predicted octanol–water partition coefficient (Wildman–Crippen LogP) is 4.20. The number of nitrogens with one attached hydrogen (secondary N) is 1. The Labute approximate surface area is 184 Å². The second-order valence-corrected chi connectivity index (χ2v) is 9.85. The van der Waals surface area contributed by atoms with Gasteiger partial charge in [0.1, 0.15) is 11.6 Å². The van der Waals surface area contributed by atoms with Gasteiger partial charge in [-0.1, -0.05) is 34.8 Å². The summed E-state index contributed by atoms with van der Waals surface area (Å²) >= 11 is 17.6. The molecule has 0 heterocycles. The van der Waals surface area contributed by atoms with Crippen LogP contribution in [-0.2, 0) is 24.4 Å². The van der Waals surface area contributed by atoms with E-state index in [0.29, 0.717) is 0 Å². The van der Waals surface area contributed by atoms with Gasteiger partial charge in [0.25, 0.3) is 0 Å². The minimum absolute atomic E-state index is 0.0271. The molecule has 8 nitrogen and oxygen atoms in total. The SMILES string of the molecule is COC(=O)[C@H](CCCS(=O)(=O)Oc1c(Cl)cc(Cl)cc1Cl)NC(=O)OC(C)(C)C. The lowest BCUT2D eigenvalue weighted by molar-refractivity contribution is -0.143. The van der Waals surface area contributed by atoms with Crippen LogP contribution in [-0.4, -0.2) is 45.0 Å². The van der Waals surface area contributed by atoms with Crippen LogP contribution in [0.4, 0.5) is 4.79 Å². The van der Waals surface area contributed by atoms with E-state index >= 15 is 0 Å². The molecule has 0 saturated carbocycles. The van der Waals surface area contributed by atoms with Crippen LogP contribution >= 0.6 is 34.8 Å². The fraction of sp³-hybridized carbons (Fsp3) is 0.529. The van der Waals surface area contributed by atoms with E-state index in [1.807, 2.05) is 0 Å². The molecule has 0 aromatic heterocycles. The maximum Gasteiger partial charge on any atom is 0.408 e. The number of carbonyl (C=O) groups excluding carboxylic acids is 2. The molecule has 0 radical (unpaired) electrons. The fourth-order valence-electron chi connectivity index (χ4n) is 2.08. The zero-order valence-electron chi connectivity index (χ0n) is 16.3. The van der Waals surface area contributed by atoms with E-state index in [9.17, 15) is 18.0 Å². The van der Waals surface area contributed by atoms with Crippen LogP contribution in [0.25, 0.3) is 0 Å². The Morgan fingerprint density at radius 1 is 1.14 bits per heavy atom. The third-order valence-electron chi connectivity index (χ3n) is 3.24. The Hall–Kier alpha value is -1.42. The van der Waals surface area contributed by atoms with Crippen molar-refractivity contribution in [1.29, 1.82) is 0 Å². The van der Waals surface area contributed by atoms with Gasteiger partial charge >= 0.3 is 22.2 Å². The number of methoxy groups -OCH3 is 1. The fourth-order valence-corrected chi connectivity index (χ4v) is 4.11. The first-order valence-electron chi connectivity index (χ1n) is 8.38. The molecule has 1 atom stereocenters. The van der Waals surface area contributed by atoms with Crippen LogP contribution in [0.3, 0.4) is 0 Å². The summed E-state index contributed by atoms with van der Waals surface area (Å²) in [4.78, 5) is 23.7. The standard InChI is InChI=1S/C17H22Cl3NO7S/c1-17(2,3)27-16(23)21-13(15(22)26-4)6-5-7-29(24,25)28-14-11(19)8-10(18)9-12(14)20/h8-9,13H,5-7H2,1-4H3,(H,21,23)/t13-/m0/s1. The van der Waals surface area contributed by atoms with Crippen molar-refractivity contribution in [2.24, 2.45) is 0 Å². The maximum atomic E-state index is 12.2. The van der Waals surface area contributed by atoms with Gasteiger partial charge in [-0.2, -0.15) is 8.42 Å². The van der Waals surface area contributed by atoms with Gasteiger partial charge in [-0.25, -0.2) is 9.59 Å². The largest absolute Gasteiger partial charge is 0.467 e. The molecule has 0 aliphatic rings. The number of hydrogen-bond donors (Lipinski definition) is 1. The highest BCUT2D eigenvalue weighted by Crippen LogP contribution is 2.36. The first kappa shape index (κ1) is 25.6. The normalized spacial score (nSPS) is 12.8. The van der Waals surface area contributed by atoms with E-state index in [4.69, 9.17) is 43.7 Å². The molecular weight excluding hydrogens is 469 g/mol. The van der Waals surface area contributed by atoms with Gasteiger partial charge in [-0.15, -0.1) is 0 Å². The van der Waals surface area contributed by atoms with Crippen molar-refractivity contribution < 1.29 is 31.7 Å². The molecule has 0 fully saturated rings. The van der Waals surface area contributed by atoms with Crippen molar-refractivity contribution in [2.45, 2.75) is 45.3 Å². The highest BCUT2D eigenvalue weighted by molar-refractivity contribution is 7.87. The van der Waals surface area contributed by atoms with Gasteiger partial charge < -0.3 is 19.0 Å². The topological polar surface area (TPSA) is 108 Å². The van der Waals surface area contributed by atoms with Crippen molar-refractivity contribution in [3.05, 3.63) is 27.2 Å². The third kappa shape index (κ3) is 9.29. The lowest BCUT2D eigenvalue weighted by Gasteiger charge is -2.22. The molecule has 0 aliphatic carbocycles. The molecule has 12 heteroatoms. The number of rotatable bonds is 8.